The van der Waals surface area contributed by atoms with Gasteiger partial charge in [-0.1, -0.05) is 17.4 Å². The van der Waals surface area contributed by atoms with Crippen LogP contribution in [0.15, 0.2) is 30.3 Å². The molecule has 4 rings (SSSR count). The van der Waals surface area contributed by atoms with E-state index in [2.05, 4.69) is 10.3 Å². The van der Waals surface area contributed by atoms with Crippen molar-refractivity contribution in [3.8, 4) is 5.75 Å². The van der Waals surface area contributed by atoms with Crippen molar-refractivity contribution >= 4 is 38.3 Å². The van der Waals surface area contributed by atoms with Crippen molar-refractivity contribution in [1.82, 2.24) is 4.98 Å². The molecule has 2 heterocycles. The summed E-state index contributed by atoms with van der Waals surface area (Å²) >= 11 is 1.21. The number of carbonyl (C=O) groups is 1. The molecule has 2 aromatic carbocycles. The summed E-state index contributed by atoms with van der Waals surface area (Å²) in [6, 6.07) is 7.85. The highest BCUT2D eigenvalue weighted by atomic mass is 32.1. The van der Waals surface area contributed by atoms with E-state index in [1.807, 2.05) is 17.0 Å². The van der Waals surface area contributed by atoms with Crippen LogP contribution < -0.4 is 15.0 Å². The van der Waals surface area contributed by atoms with Crippen LogP contribution in [0.4, 0.5) is 19.6 Å². The van der Waals surface area contributed by atoms with Gasteiger partial charge in [0.1, 0.15) is 28.5 Å². The highest BCUT2D eigenvalue weighted by Crippen LogP contribution is 2.33. The highest BCUT2D eigenvalue weighted by Gasteiger charge is 2.22. The summed E-state index contributed by atoms with van der Waals surface area (Å²) in [5.41, 5.74) is 0.453. The van der Waals surface area contributed by atoms with Gasteiger partial charge in [-0.25, -0.2) is 13.8 Å². The van der Waals surface area contributed by atoms with E-state index in [9.17, 15) is 13.6 Å². The average Bonchev–Trinajstić information content (AvgIpc) is 3.10. The maximum Gasteiger partial charge on any atom is 0.263 e. The first kappa shape index (κ1) is 18.6. The van der Waals surface area contributed by atoms with Crippen molar-refractivity contribution < 1.29 is 18.3 Å². The fraction of sp³-hybridized carbons (Fsp3) is 0.300. The van der Waals surface area contributed by atoms with Crippen molar-refractivity contribution in [3.05, 3.63) is 47.5 Å². The Hall–Kier alpha value is -2.74. The van der Waals surface area contributed by atoms with Crippen LogP contribution in [-0.4, -0.2) is 31.1 Å². The Morgan fingerprint density at radius 3 is 2.57 bits per heavy atom. The van der Waals surface area contributed by atoms with Crippen molar-refractivity contribution in [3.63, 3.8) is 0 Å². The van der Waals surface area contributed by atoms with Gasteiger partial charge in [-0.15, -0.1) is 0 Å². The Morgan fingerprint density at radius 2 is 1.89 bits per heavy atom. The monoisotopic (exact) mass is 403 g/mol. The lowest BCUT2D eigenvalue weighted by Gasteiger charge is -2.29. The SMILES string of the molecule is COc1cccc2sc(NC(=O)c3c(F)cc(N4CCCCC4)cc3F)nc12. The maximum atomic E-state index is 14.6. The molecule has 0 unspecified atom stereocenters. The van der Waals surface area contributed by atoms with E-state index in [0.29, 0.717) is 17.0 Å². The van der Waals surface area contributed by atoms with Crippen LogP contribution in [0.5, 0.6) is 5.75 Å². The van der Waals surface area contributed by atoms with E-state index in [1.165, 1.54) is 30.6 Å². The number of fused-ring (bicyclic) bond motifs is 1. The molecule has 8 heteroatoms. The van der Waals surface area contributed by atoms with Crippen LogP contribution in [0.25, 0.3) is 10.2 Å². The Morgan fingerprint density at radius 1 is 1.18 bits per heavy atom. The zero-order valence-corrected chi connectivity index (χ0v) is 16.1. The molecule has 28 heavy (non-hydrogen) atoms. The van der Waals surface area contributed by atoms with Gasteiger partial charge in [0, 0.05) is 18.8 Å². The smallest absolute Gasteiger partial charge is 0.263 e. The van der Waals surface area contributed by atoms with Crippen LogP contribution in [0.3, 0.4) is 0 Å². The second-order valence-electron chi connectivity index (χ2n) is 6.61. The van der Waals surface area contributed by atoms with Gasteiger partial charge in [0.05, 0.1) is 11.8 Å². The van der Waals surface area contributed by atoms with Gasteiger partial charge in [-0.05, 0) is 43.5 Å². The Kier molecular flexibility index (Phi) is 5.13. The van der Waals surface area contributed by atoms with Gasteiger partial charge in [0.15, 0.2) is 5.13 Å². The van der Waals surface area contributed by atoms with Crippen molar-refractivity contribution in [2.24, 2.45) is 0 Å². The van der Waals surface area contributed by atoms with Crippen molar-refractivity contribution in [1.29, 1.82) is 0 Å². The van der Waals surface area contributed by atoms with Crippen LogP contribution >= 0.6 is 11.3 Å². The number of rotatable bonds is 4. The van der Waals surface area contributed by atoms with E-state index >= 15 is 0 Å². The molecule has 0 atom stereocenters. The molecule has 1 aliphatic heterocycles. The number of hydrogen-bond acceptors (Lipinski definition) is 5. The molecule has 1 aliphatic rings. The number of halogens is 2. The van der Waals surface area contributed by atoms with E-state index in [-0.39, 0.29) is 5.13 Å². The zero-order chi connectivity index (χ0) is 19.7. The van der Waals surface area contributed by atoms with Crippen LogP contribution in [-0.2, 0) is 0 Å². The molecular weight excluding hydrogens is 384 g/mol. The Balaban J connectivity index is 1.59. The summed E-state index contributed by atoms with van der Waals surface area (Å²) in [5, 5.41) is 2.75. The van der Waals surface area contributed by atoms with Gasteiger partial charge >= 0.3 is 0 Å². The van der Waals surface area contributed by atoms with Gasteiger partial charge in [-0.2, -0.15) is 0 Å². The first-order chi connectivity index (χ1) is 13.6. The number of hydrogen-bond donors (Lipinski definition) is 1. The minimum absolute atomic E-state index is 0.253. The lowest BCUT2D eigenvalue weighted by Crippen LogP contribution is -2.30. The third-order valence-corrected chi connectivity index (χ3v) is 5.73. The summed E-state index contributed by atoms with van der Waals surface area (Å²) in [6.45, 7) is 1.52. The van der Waals surface area contributed by atoms with Crippen LogP contribution in [0, 0.1) is 11.6 Å². The maximum absolute atomic E-state index is 14.6. The number of aromatic nitrogens is 1. The molecule has 1 N–H and O–H groups in total. The predicted molar refractivity (Wildman–Crippen MR) is 107 cm³/mol. The number of nitrogens with one attached hydrogen (secondary N) is 1. The number of ether oxygens (including phenoxy) is 1. The van der Waals surface area contributed by atoms with Gasteiger partial charge in [0.25, 0.3) is 5.91 Å². The minimum Gasteiger partial charge on any atom is -0.494 e. The van der Waals surface area contributed by atoms with Crippen LogP contribution in [0.1, 0.15) is 29.6 Å². The minimum atomic E-state index is -0.878. The lowest BCUT2D eigenvalue weighted by molar-refractivity contribution is 0.101. The standard InChI is InChI=1S/C20H19F2N3O2S/c1-27-15-6-5-7-16-18(15)23-20(28-16)24-19(26)17-13(21)10-12(11-14(17)22)25-8-3-2-4-9-25/h5-7,10-11H,2-4,8-9H2,1H3,(H,23,24,26). The molecule has 1 fully saturated rings. The summed E-state index contributed by atoms with van der Waals surface area (Å²) < 4.78 is 35.2. The molecule has 0 radical (unpaired) electrons. The van der Waals surface area contributed by atoms with Gasteiger partial charge in [-0.3, -0.25) is 10.1 Å². The topological polar surface area (TPSA) is 54.5 Å². The summed E-state index contributed by atoms with van der Waals surface area (Å²) in [6.07, 6.45) is 3.11. The number of benzene rings is 2. The molecule has 3 aromatic rings. The number of methoxy groups -OCH3 is 1. The number of anilines is 2. The predicted octanol–water partition coefficient (Wildman–Crippen LogP) is 4.83. The quantitative estimate of drug-likeness (QED) is 0.678. The van der Waals surface area contributed by atoms with E-state index in [1.54, 1.807) is 6.07 Å². The summed E-state index contributed by atoms with van der Waals surface area (Å²) in [4.78, 5) is 18.8. The number of thiazole rings is 1. The number of piperidine rings is 1. The molecule has 1 aromatic heterocycles. The van der Waals surface area contributed by atoms with Gasteiger partial charge < -0.3 is 9.64 Å². The first-order valence-electron chi connectivity index (χ1n) is 9.05. The fourth-order valence-electron chi connectivity index (χ4n) is 3.41. The van der Waals surface area contributed by atoms with Crippen molar-refractivity contribution in [2.45, 2.75) is 19.3 Å². The fourth-order valence-corrected chi connectivity index (χ4v) is 4.29. The van der Waals surface area contributed by atoms with Crippen LogP contribution in [0.2, 0.25) is 0 Å². The summed E-state index contributed by atoms with van der Waals surface area (Å²) in [7, 11) is 1.53. The van der Waals surface area contributed by atoms with E-state index in [4.69, 9.17) is 4.74 Å². The molecule has 0 bridgehead atoms. The molecule has 1 saturated heterocycles. The number of para-hydroxylation sites is 1. The third-order valence-electron chi connectivity index (χ3n) is 4.80. The molecular formula is C20H19F2N3O2S. The highest BCUT2D eigenvalue weighted by molar-refractivity contribution is 7.22. The Labute approximate surface area is 164 Å². The zero-order valence-electron chi connectivity index (χ0n) is 15.3. The molecule has 1 amide bonds. The molecule has 5 nitrogen and oxygen atoms in total. The molecule has 0 saturated carbocycles. The molecule has 0 aliphatic carbocycles. The second kappa shape index (κ2) is 7.71. The number of nitrogens with zero attached hydrogens (tertiary/aromatic N) is 2. The third kappa shape index (κ3) is 3.52. The first-order valence-corrected chi connectivity index (χ1v) is 9.87. The molecule has 146 valence electrons. The normalized spacial score (nSPS) is 14.3. The van der Waals surface area contributed by atoms with Gasteiger partial charge in [0.2, 0.25) is 0 Å². The van der Waals surface area contributed by atoms with E-state index in [0.717, 1.165) is 37.1 Å². The largest absolute Gasteiger partial charge is 0.494 e. The van der Waals surface area contributed by atoms with Crippen molar-refractivity contribution in [2.75, 3.05) is 30.4 Å². The number of carbonyl (C=O) groups excluding carboxylic acids is 1. The van der Waals surface area contributed by atoms with E-state index < -0.39 is 23.1 Å². The molecule has 0 spiro atoms. The number of amides is 1. The second-order valence-corrected chi connectivity index (χ2v) is 7.64. The summed E-state index contributed by atoms with van der Waals surface area (Å²) in [5.74, 6) is -2.05. The average molecular weight is 403 g/mol. The Bertz CT molecular complexity index is 1010. The lowest BCUT2D eigenvalue weighted by atomic mass is 10.1.